The van der Waals surface area contributed by atoms with Crippen molar-refractivity contribution >= 4 is 25.8 Å². The van der Waals surface area contributed by atoms with Gasteiger partial charge in [-0.2, -0.15) is 0 Å². The number of hydrogen-bond donors (Lipinski definition) is 2. The molecule has 0 aliphatic carbocycles. The molecular formula is C40H41F2N4O11P. The summed E-state index contributed by atoms with van der Waals surface area (Å²) in [7, 11) is -4.20. The monoisotopic (exact) mass is 822 g/mol. The second-order valence-electron chi connectivity index (χ2n) is 14.0. The third-order valence-electron chi connectivity index (χ3n) is 10.1. The van der Waals surface area contributed by atoms with Crippen LogP contribution in [0.15, 0.2) is 89.9 Å². The topological polar surface area (TPSA) is 175 Å². The summed E-state index contributed by atoms with van der Waals surface area (Å²) in [6.07, 6.45) is -1.09. The minimum atomic E-state index is -4.20. The average molecular weight is 823 g/mol. The van der Waals surface area contributed by atoms with Gasteiger partial charge >= 0.3 is 14.0 Å². The maximum absolute atomic E-state index is 14.4. The number of ether oxygens (including phenoxy) is 2. The van der Waals surface area contributed by atoms with E-state index in [1.807, 2.05) is 12.1 Å². The van der Waals surface area contributed by atoms with E-state index in [4.69, 9.17) is 23.0 Å². The number of rotatable bonds is 17. The third kappa shape index (κ3) is 9.46. The van der Waals surface area contributed by atoms with Crippen LogP contribution in [0.3, 0.4) is 0 Å². The second-order valence-corrected chi connectivity index (χ2v) is 15.6. The predicted octanol–water partition coefficient (Wildman–Crippen LogP) is 6.05. The molecule has 15 nitrogen and oxygen atoms in total. The Labute approximate surface area is 331 Å². The molecule has 0 spiro atoms. The molecule has 2 saturated heterocycles. The summed E-state index contributed by atoms with van der Waals surface area (Å²) in [5.74, 6) is -3.83. The number of pyridine rings is 1. The number of nitrogens with one attached hydrogen (secondary N) is 1. The Morgan fingerprint density at radius 1 is 0.931 bits per heavy atom. The largest absolute Gasteiger partial charge is 0.508 e. The number of aromatic nitrogens is 1. The first kappa shape index (κ1) is 40.7. The Morgan fingerprint density at radius 2 is 1.62 bits per heavy atom. The van der Waals surface area contributed by atoms with Gasteiger partial charge in [-0.15, -0.1) is 0 Å². The first-order valence-electron chi connectivity index (χ1n) is 18.7. The molecule has 2 fully saturated rings. The molecule has 3 aliphatic heterocycles. The normalized spacial score (nSPS) is 18.0. The molecule has 2 amide bonds. The highest BCUT2D eigenvalue weighted by Gasteiger charge is 2.48. The zero-order chi connectivity index (χ0) is 40.8. The van der Waals surface area contributed by atoms with Crippen LogP contribution in [0.25, 0.3) is 0 Å². The SMILES string of the molecule is O=C(O)OC(CCCOP(=O)(OCc1ccccc1)OCc1ccccc1)Oc1c2n(cc(C(=O)NCc3ccc(F)cc3F)c1=O)C[C@@H]1N(C[C@H]3CCCN31)C2=O. The summed E-state index contributed by atoms with van der Waals surface area (Å²) in [4.78, 5) is 57.4. The van der Waals surface area contributed by atoms with Crippen LogP contribution >= 0.6 is 7.82 Å². The summed E-state index contributed by atoms with van der Waals surface area (Å²) >= 11 is 0. The van der Waals surface area contributed by atoms with Crippen LogP contribution in [0.5, 0.6) is 5.75 Å². The number of phosphoric acid groups is 1. The molecule has 4 aromatic rings. The molecule has 0 saturated carbocycles. The van der Waals surface area contributed by atoms with Gasteiger partial charge in [0.1, 0.15) is 23.4 Å². The lowest BCUT2D eigenvalue weighted by Crippen LogP contribution is -2.51. The Bertz CT molecular complexity index is 2200. The highest BCUT2D eigenvalue weighted by molar-refractivity contribution is 7.48. The van der Waals surface area contributed by atoms with Crippen molar-refractivity contribution in [2.75, 3.05) is 19.7 Å². The Balaban J connectivity index is 1.11. The molecule has 0 bridgehead atoms. The minimum absolute atomic E-state index is 0.0428. The molecule has 58 heavy (non-hydrogen) atoms. The lowest BCUT2D eigenvalue weighted by Gasteiger charge is -2.36. The maximum Gasteiger partial charge on any atom is 0.508 e. The van der Waals surface area contributed by atoms with E-state index in [1.54, 1.807) is 53.4 Å². The van der Waals surface area contributed by atoms with Crippen molar-refractivity contribution in [1.82, 2.24) is 19.7 Å². The maximum atomic E-state index is 14.4. The van der Waals surface area contributed by atoms with Gasteiger partial charge in [0.2, 0.25) is 17.5 Å². The Kier molecular flexibility index (Phi) is 12.6. The van der Waals surface area contributed by atoms with Gasteiger partial charge in [-0.05, 0) is 36.5 Å². The number of carbonyl (C=O) groups is 3. The van der Waals surface area contributed by atoms with E-state index in [9.17, 15) is 37.6 Å². The van der Waals surface area contributed by atoms with Gasteiger partial charge in [-0.25, -0.2) is 18.1 Å². The molecule has 3 aliphatic rings. The van der Waals surface area contributed by atoms with E-state index >= 15 is 0 Å². The highest BCUT2D eigenvalue weighted by atomic mass is 31.2. The van der Waals surface area contributed by atoms with E-state index in [1.165, 1.54) is 10.8 Å². The lowest BCUT2D eigenvalue weighted by molar-refractivity contribution is -0.0614. The van der Waals surface area contributed by atoms with Crippen molar-refractivity contribution in [2.45, 2.75) is 70.5 Å². The zero-order valence-corrected chi connectivity index (χ0v) is 32.1. The van der Waals surface area contributed by atoms with Gasteiger partial charge in [0.15, 0.2) is 5.69 Å². The van der Waals surface area contributed by atoms with E-state index in [0.717, 1.165) is 31.5 Å². The number of benzene rings is 3. The van der Waals surface area contributed by atoms with Gasteiger partial charge in [0.05, 0.1) is 26.4 Å². The molecule has 18 heteroatoms. The number of halogens is 2. The van der Waals surface area contributed by atoms with Gasteiger partial charge in [0, 0.05) is 49.9 Å². The number of carbonyl (C=O) groups excluding carboxylic acids is 2. The van der Waals surface area contributed by atoms with E-state index in [-0.39, 0.29) is 62.7 Å². The van der Waals surface area contributed by atoms with Crippen LogP contribution in [-0.4, -0.2) is 75.6 Å². The summed E-state index contributed by atoms with van der Waals surface area (Å²) in [6.45, 7) is 0.452. The van der Waals surface area contributed by atoms with E-state index < -0.39 is 67.0 Å². The van der Waals surface area contributed by atoms with Crippen molar-refractivity contribution in [3.63, 3.8) is 0 Å². The Hall–Kier alpha value is -5.45. The number of nitrogens with zero attached hydrogens (tertiary/aromatic N) is 3. The van der Waals surface area contributed by atoms with Crippen molar-refractivity contribution in [1.29, 1.82) is 0 Å². The van der Waals surface area contributed by atoms with Crippen molar-refractivity contribution < 1.29 is 55.9 Å². The Morgan fingerprint density at radius 3 is 2.28 bits per heavy atom. The molecule has 3 aromatic carbocycles. The van der Waals surface area contributed by atoms with E-state index in [0.29, 0.717) is 23.7 Å². The third-order valence-corrected chi connectivity index (χ3v) is 11.5. The molecular weight excluding hydrogens is 781 g/mol. The average Bonchev–Trinajstić information content (AvgIpc) is 3.82. The first-order chi connectivity index (χ1) is 28.0. The fourth-order valence-electron chi connectivity index (χ4n) is 7.30. The zero-order valence-electron chi connectivity index (χ0n) is 31.2. The van der Waals surface area contributed by atoms with Gasteiger partial charge in [-0.3, -0.25) is 32.9 Å². The van der Waals surface area contributed by atoms with Crippen LogP contribution in [0, 0.1) is 11.6 Å². The summed E-state index contributed by atoms with van der Waals surface area (Å²) in [5.41, 5.74) is -0.338. The number of phosphoric ester groups is 1. The van der Waals surface area contributed by atoms with Gasteiger partial charge in [0.25, 0.3) is 11.8 Å². The quantitative estimate of drug-likeness (QED) is 0.0547. The molecule has 1 unspecified atom stereocenters. The van der Waals surface area contributed by atoms with Crippen LogP contribution < -0.4 is 15.5 Å². The first-order valence-corrected chi connectivity index (χ1v) is 20.2. The smallest absolute Gasteiger partial charge is 0.450 e. The molecule has 0 radical (unpaired) electrons. The molecule has 2 N–H and O–H groups in total. The van der Waals surface area contributed by atoms with Gasteiger partial charge < -0.3 is 29.4 Å². The summed E-state index contributed by atoms with van der Waals surface area (Å²) in [5, 5.41) is 12.1. The molecule has 7 rings (SSSR count). The summed E-state index contributed by atoms with van der Waals surface area (Å²) < 4.78 is 70.9. The molecule has 3 atom stereocenters. The van der Waals surface area contributed by atoms with Crippen LogP contribution in [0.4, 0.5) is 13.6 Å². The van der Waals surface area contributed by atoms with Crippen LogP contribution in [-0.2, 0) is 49.2 Å². The fraction of sp³-hybridized carbons (Fsp3) is 0.350. The lowest BCUT2D eigenvalue weighted by atomic mass is 10.1. The number of fused-ring (bicyclic) bond motifs is 4. The van der Waals surface area contributed by atoms with Crippen LogP contribution in [0.2, 0.25) is 0 Å². The molecule has 306 valence electrons. The fourth-order valence-corrected chi connectivity index (χ4v) is 8.49. The predicted molar refractivity (Wildman–Crippen MR) is 202 cm³/mol. The number of amides is 2. The standard InChI is InChI=1S/C40H41F2N4O11P/c41-29-16-15-28(32(42)19-29)20-43-38(48)31-22-44-23-33-45-17-7-13-30(45)21-46(33)39(49)35(44)37(36(31)47)56-34(57-40(50)51)14-8-18-53-58(52,54-24-26-9-3-1-4-10-26)55-25-27-11-5-2-6-12-27/h1-6,9-12,15-16,19,22,30,33-34H,7-8,13-14,17-18,20-21,23-25H2,(H,43,48)(H,50,51)/t30-,33+,34?/m1/s1. The summed E-state index contributed by atoms with van der Waals surface area (Å²) in [6, 6.07) is 20.8. The minimum Gasteiger partial charge on any atom is -0.450 e. The second kappa shape index (κ2) is 18.0. The van der Waals surface area contributed by atoms with Gasteiger partial charge in [-0.1, -0.05) is 66.7 Å². The van der Waals surface area contributed by atoms with Crippen molar-refractivity contribution in [3.8, 4) is 5.75 Å². The van der Waals surface area contributed by atoms with Crippen molar-refractivity contribution in [3.05, 3.63) is 135 Å². The molecule has 1 aromatic heterocycles. The number of hydrogen-bond acceptors (Lipinski definition) is 11. The van der Waals surface area contributed by atoms with Crippen LogP contribution in [0.1, 0.15) is 63.2 Å². The number of carboxylic acid groups (broad SMARTS) is 1. The van der Waals surface area contributed by atoms with E-state index in [2.05, 4.69) is 10.2 Å². The van der Waals surface area contributed by atoms with Crippen molar-refractivity contribution in [2.24, 2.45) is 0 Å². The molecule has 4 heterocycles. The highest BCUT2D eigenvalue weighted by Crippen LogP contribution is 2.51.